The summed E-state index contributed by atoms with van der Waals surface area (Å²) in [6, 6.07) is 26.5. The van der Waals surface area contributed by atoms with E-state index in [1.54, 1.807) is 6.21 Å². The van der Waals surface area contributed by atoms with Crippen LogP contribution in [0.3, 0.4) is 0 Å². The number of rotatable bonds is 9. The van der Waals surface area contributed by atoms with Gasteiger partial charge in [0, 0.05) is 51.0 Å². The number of hydrogen-bond acceptors (Lipinski definition) is 8. The van der Waals surface area contributed by atoms with Crippen molar-refractivity contribution in [3.63, 3.8) is 0 Å². The molecule has 0 bridgehead atoms. The summed E-state index contributed by atoms with van der Waals surface area (Å²) in [5.41, 5.74) is 4.31. The number of likely N-dealkylation sites (tertiary alicyclic amines) is 1. The molecule has 2 aliphatic heterocycles. The molecule has 2 fully saturated rings. The van der Waals surface area contributed by atoms with Crippen molar-refractivity contribution in [2.45, 2.75) is 31.5 Å². The molecule has 2 heterocycles. The van der Waals surface area contributed by atoms with Crippen molar-refractivity contribution in [2.24, 2.45) is 10.9 Å². The maximum atomic E-state index is 12.9. The Bertz CT molecular complexity index is 1230. The molecule has 3 aromatic carbocycles. The van der Waals surface area contributed by atoms with Gasteiger partial charge in [0.05, 0.1) is 13.3 Å². The number of hydrogen-bond donors (Lipinski definition) is 1. The second-order valence-corrected chi connectivity index (χ2v) is 10.4. The number of carbonyl (C=O) groups is 1. The summed E-state index contributed by atoms with van der Waals surface area (Å²) >= 11 is 0. The molecular formula is C32H39N5O3. The van der Waals surface area contributed by atoms with Crippen molar-refractivity contribution >= 4 is 17.9 Å². The number of esters is 1. The molecule has 8 heteroatoms. The highest BCUT2D eigenvalue weighted by Crippen LogP contribution is 2.30. The molecule has 3 aromatic rings. The van der Waals surface area contributed by atoms with E-state index in [1.807, 2.05) is 54.6 Å². The van der Waals surface area contributed by atoms with Gasteiger partial charge >= 0.3 is 5.97 Å². The van der Waals surface area contributed by atoms with Crippen LogP contribution in [0.1, 0.15) is 35.6 Å². The summed E-state index contributed by atoms with van der Waals surface area (Å²) in [5, 5.41) is 3.60. The lowest BCUT2D eigenvalue weighted by Crippen LogP contribution is -2.54. The molecule has 2 saturated heterocycles. The minimum Gasteiger partial charge on any atom is -0.489 e. The largest absolute Gasteiger partial charge is 0.489 e. The molecule has 0 spiro atoms. The number of nitrogens with two attached hydrogens (primary N) is 1. The van der Waals surface area contributed by atoms with Gasteiger partial charge < -0.3 is 20.2 Å². The zero-order valence-corrected chi connectivity index (χ0v) is 23.2. The minimum atomic E-state index is -0.404. The van der Waals surface area contributed by atoms with Crippen LogP contribution in [0.2, 0.25) is 0 Å². The maximum absolute atomic E-state index is 12.9. The normalized spacial score (nSPS) is 18.1. The van der Waals surface area contributed by atoms with Gasteiger partial charge in [0.15, 0.2) is 0 Å². The lowest BCUT2D eigenvalue weighted by atomic mass is 9.97. The standard InChI is InChI=1S/C32H39N5O3/c1-39-32(38)31(27-9-13-30(14-10-27)40-24-26-5-3-2-4-6-26)37-17-15-29(16-18-37)36-21-19-35(20-22-36)28-11-7-25(8-12-28)23-34-33/h2-14,23,29,31H,15-22,24,33H2,1H3. The first-order valence-corrected chi connectivity index (χ1v) is 14.1. The summed E-state index contributed by atoms with van der Waals surface area (Å²) in [5.74, 6) is 5.83. The Balaban J connectivity index is 1.13. The van der Waals surface area contributed by atoms with E-state index in [9.17, 15) is 4.79 Å². The van der Waals surface area contributed by atoms with Gasteiger partial charge in [-0.1, -0.05) is 54.6 Å². The predicted molar refractivity (Wildman–Crippen MR) is 159 cm³/mol. The number of nitrogens with zero attached hydrogens (tertiary/aromatic N) is 4. The van der Waals surface area contributed by atoms with Gasteiger partial charge in [-0.25, -0.2) is 4.79 Å². The smallest absolute Gasteiger partial charge is 0.327 e. The second-order valence-electron chi connectivity index (χ2n) is 10.4. The molecule has 0 aliphatic carbocycles. The van der Waals surface area contributed by atoms with Gasteiger partial charge in [0.25, 0.3) is 0 Å². The first kappa shape index (κ1) is 27.7. The number of hydrazone groups is 1. The van der Waals surface area contributed by atoms with Crippen LogP contribution in [0.4, 0.5) is 5.69 Å². The summed E-state index contributed by atoms with van der Waals surface area (Å²) in [4.78, 5) is 20.2. The molecule has 1 atom stereocenters. The molecular weight excluding hydrogens is 502 g/mol. The molecule has 2 aliphatic rings. The molecule has 0 radical (unpaired) electrons. The number of anilines is 1. The molecule has 0 aromatic heterocycles. The number of piperidine rings is 1. The van der Waals surface area contributed by atoms with Gasteiger partial charge in [-0.3, -0.25) is 9.80 Å². The van der Waals surface area contributed by atoms with Gasteiger partial charge in [-0.15, -0.1) is 0 Å². The van der Waals surface area contributed by atoms with Crippen LogP contribution in [0.15, 0.2) is 84.0 Å². The quantitative estimate of drug-likeness (QED) is 0.189. The third-order valence-corrected chi connectivity index (χ3v) is 8.05. The molecule has 0 saturated carbocycles. The van der Waals surface area contributed by atoms with E-state index in [0.29, 0.717) is 12.6 Å². The highest BCUT2D eigenvalue weighted by molar-refractivity contribution is 5.80. The average Bonchev–Trinajstić information content (AvgIpc) is 3.02. The summed E-state index contributed by atoms with van der Waals surface area (Å²) in [7, 11) is 1.47. The van der Waals surface area contributed by atoms with E-state index < -0.39 is 6.04 Å². The number of benzene rings is 3. The first-order valence-electron chi connectivity index (χ1n) is 14.1. The van der Waals surface area contributed by atoms with Crippen LogP contribution in [-0.2, 0) is 16.1 Å². The predicted octanol–water partition coefficient (Wildman–Crippen LogP) is 4.06. The molecule has 2 N–H and O–H groups in total. The second kappa shape index (κ2) is 13.5. The number of ether oxygens (including phenoxy) is 2. The van der Waals surface area contributed by atoms with Crippen molar-refractivity contribution < 1.29 is 14.3 Å². The van der Waals surface area contributed by atoms with E-state index in [0.717, 1.165) is 74.6 Å². The number of piperazine rings is 1. The minimum absolute atomic E-state index is 0.214. The highest BCUT2D eigenvalue weighted by atomic mass is 16.5. The zero-order chi connectivity index (χ0) is 27.7. The van der Waals surface area contributed by atoms with E-state index in [2.05, 4.69) is 44.1 Å². The van der Waals surface area contributed by atoms with Crippen LogP contribution < -0.4 is 15.5 Å². The monoisotopic (exact) mass is 541 g/mol. The van der Waals surface area contributed by atoms with E-state index >= 15 is 0 Å². The third-order valence-electron chi connectivity index (χ3n) is 8.05. The van der Waals surface area contributed by atoms with Crippen LogP contribution >= 0.6 is 0 Å². The Morgan fingerprint density at radius 1 is 0.925 bits per heavy atom. The molecule has 1 unspecified atom stereocenters. The SMILES string of the molecule is COC(=O)C(c1ccc(OCc2ccccc2)cc1)N1CCC(N2CCN(c3ccc(C=NN)cc3)CC2)CC1. The average molecular weight is 542 g/mol. The molecule has 8 nitrogen and oxygen atoms in total. The summed E-state index contributed by atoms with van der Waals surface area (Å²) < 4.78 is 11.2. The third kappa shape index (κ3) is 6.81. The Labute approximate surface area is 237 Å². The fourth-order valence-corrected chi connectivity index (χ4v) is 5.81. The van der Waals surface area contributed by atoms with E-state index in [4.69, 9.17) is 15.3 Å². The van der Waals surface area contributed by atoms with E-state index in [1.165, 1.54) is 12.8 Å². The van der Waals surface area contributed by atoms with Crippen molar-refractivity contribution in [3.05, 3.63) is 95.6 Å². The topological polar surface area (TPSA) is 83.6 Å². The Morgan fingerprint density at radius 2 is 1.60 bits per heavy atom. The summed E-state index contributed by atoms with van der Waals surface area (Å²) in [6.07, 6.45) is 3.74. The molecule has 40 heavy (non-hydrogen) atoms. The van der Waals surface area contributed by atoms with E-state index in [-0.39, 0.29) is 5.97 Å². The lowest BCUT2D eigenvalue weighted by Gasteiger charge is -2.44. The Kier molecular flexibility index (Phi) is 9.31. The van der Waals surface area contributed by atoms with Crippen LogP contribution in [0, 0.1) is 0 Å². The van der Waals surface area contributed by atoms with Gasteiger partial charge in [-0.2, -0.15) is 5.10 Å². The Hall–Kier alpha value is -3.88. The van der Waals surface area contributed by atoms with Crippen molar-refractivity contribution in [1.29, 1.82) is 0 Å². The van der Waals surface area contributed by atoms with Crippen molar-refractivity contribution in [3.8, 4) is 5.75 Å². The molecule has 5 rings (SSSR count). The first-order chi connectivity index (χ1) is 19.6. The van der Waals surface area contributed by atoms with Crippen LogP contribution in [0.5, 0.6) is 5.75 Å². The fourth-order valence-electron chi connectivity index (χ4n) is 5.81. The fraction of sp³-hybridized carbons (Fsp3) is 0.375. The van der Waals surface area contributed by atoms with Gasteiger partial charge in [-0.05, 0) is 53.8 Å². The lowest BCUT2D eigenvalue weighted by molar-refractivity contribution is -0.148. The molecule has 0 amide bonds. The maximum Gasteiger partial charge on any atom is 0.327 e. The Morgan fingerprint density at radius 3 is 2.23 bits per heavy atom. The zero-order valence-electron chi connectivity index (χ0n) is 23.2. The van der Waals surface area contributed by atoms with Gasteiger partial charge in [0.2, 0.25) is 0 Å². The number of carbonyl (C=O) groups excluding carboxylic acids is 1. The van der Waals surface area contributed by atoms with Crippen LogP contribution in [-0.4, -0.2) is 74.4 Å². The summed E-state index contributed by atoms with van der Waals surface area (Å²) in [6.45, 7) is 6.34. The van der Waals surface area contributed by atoms with Crippen LogP contribution in [0.25, 0.3) is 0 Å². The molecule has 210 valence electrons. The van der Waals surface area contributed by atoms with Crippen molar-refractivity contribution in [1.82, 2.24) is 9.80 Å². The van der Waals surface area contributed by atoms with Crippen molar-refractivity contribution in [2.75, 3.05) is 51.3 Å². The number of methoxy groups -OCH3 is 1. The highest BCUT2D eigenvalue weighted by Gasteiger charge is 2.34. The van der Waals surface area contributed by atoms with Gasteiger partial charge in [0.1, 0.15) is 18.4 Å².